The quantitative estimate of drug-likeness (QED) is 0.163. The van der Waals surface area contributed by atoms with Crippen molar-refractivity contribution in [3.8, 4) is 39.1 Å². The maximum absolute atomic E-state index is 2.48. The Balaban J connectivity index is 0.964. The van der Waals surface area contributed by atoms with Crippen molar-refractivity contribution in [1.29, 1.82) is 0 Å². The molecule has 3 aliphatic carbocycles. The zero-order chi connectivity index (χ0) is 41.5. The van der Waals surface area contributed by atoms with E-state index in [0.29, 0.717) is 0 Å². The number of fused-ring (bicyclic) bond motifs is 13. The first-order valence-corrected chi connectivity index (χ1v) is 22.2. The summed E-state index contributed by atoms with van der Waals surface area (Å²) in [7, 11) is 0. The van der Waals surface area contributed by atoms with Gasteiger partial charge in [0, 0.05) is 33.5 Å². The highest BCUT2D eigenvalue weighted by molar-refractivity contribution is 6.10. The molecule has 13 rings (SSSR count). The van der Waals surface area contributed by atoms with Crippen molar-refractivity contribution in [2.75, 3.05) is 4.90 Å². The fraction of sp³-hybridized carbons (Fsp3) is 0.0492. The molecule has 0 aliphatic heterocycles. The molecule has 0 bridgehead atoms. The molecule has 10 aromatic rings. The van der Waals surface area contributed by atoms with Crippen LogP contribution in [-0.2, 0) is 5.41 Å². The van der Waals surface area contributed by atoms with Gasteiger partial charge in [0.1, 0.15) is 0 Å². The average Bonchev–Trinajstić information content (AvgIpc) is 3.96. The zero-order valence-corrected chi connectivity index (χ0v) is 34.7. The van der Waals surface area contributed by atoms with Crippen LogP contribution < -0.4 is 4.90 Å². The molecule has 2 nitrogen and oxygen atoms in total. The van der Waals surface area contributed by atoms with Gasteiger partial charge in [0.2, 0.25) is 0 Å². The lowest BCUT2D eigenvalue weighted by atomic mass is 9.70. The molecular weight excluding hydrogens is 761 g/mol. The van der Waals surface area contributed by atoms with Crippen molar-refractivity contribution in [3.63, 3.8) is 0 Å². The van der Waals surface area contributed by atoms with E-state index in [2.05, 4.69) is 240 Å². The molecule has 0 saturated heterocycles. The predicted molar refractivity (Wildman–Crippen MR) is 264 cm³/mol. The van der Waals surface area contributed by atoms with Crippen LogP contribution >= 0.6 is 0 Å². The number of anilines is 3. The molecule has 0 saturated carbocycles. The summed E-state index contributed by atoms with van der Waals surface area (Å²) >= 11 is 0. The molecule has 0 N–H and O–H groups in total. The van der Waals surface area contributed by atoms with Crippen LogP contribution in [0.4, 0.5) is 17.1 Å². The highest BCUT2D eigenvalue weighted by Crippen LogP contribution is 2.63. The minimum Gasteiger partial charge on any atom is -0.310 e. The van der Waals surface area contributed by atoms with Crippen molar-refractivity contribution < 1.29 is 0 Å². The second kappa shape index (κ2) is 14.1. The van der Waals surface area contributed by atoms with Gasteiger partial charge in [-0.25, -0.2) is 0 Å². The third kappa shape index (κ3) is 5.31. The summed E-state index contributed by atoms with van der Waals surface area (Å²) in [4.78, 5) is 2.43. The maximum Gasteiger partial charge on any atom is 0.0726 e. The topological polar surface area (TPSA) is 8.17 Å². The maximum atomic E-state index is 2.48. The lowest BCUT2D eigenvalue weighted by molar-refractivity contribution is 0.793. The van der Waals surface area contributed by atoms with Crippen LogP contribution in [0.5, 0.6) is 0 Å². The van der Waals surface area contributed by atoms with Crippen molar-refractivity contribution in [3.05, 3.63) is 258 Å². The summed E-state index contributed by atoms with van der Waals surface area (Å²) in [5, 5.41) is 2.51. The third-order valence-electron chi connectivity index (χ3n) is 13.8. The molecule has 0 radical (unpaired) electrons. The van der Waals surface area contributed by atoms with Crippen LogP contribution in [0, 0.1) is 0 Å². The van der Waals surface area contributed by atoms with Gasteiger partial charge in [0.15, 0.2) is 0 Å². The van der Waals surface area contributed by atoms with Gasteiger partial charge in [0.05, 0.1) is 16.4 Å². The van der Waals surface area contributed by atoms with E-state index in [1.807, 2.05) is 0 Å². The lowest BCUT2D eigenvalue weighted by Crippen LogP contribution is -2.26. The van der Waals surface area contributed by atoms with E-state index in [4.69, 9.17) is 0 Å². The Labute approximate surface area is 368 Å². The Bertz CT molecular complexity index is 3450. The van der Waals surface area contributed by atoms with Crippen LogP contribution in [0.3, 0.4) is 0 Å². The minimum atomic E-state index is -0.419. The van der Waals surface area contributed by atoms with Gasteiger partial charge >= 0.3 is 0 Å². The molecular formula is C61H42N2. The van der Waals surface area contributed by atoms with Crippen molar-refractivity contribution in [1.82, 2.24) is 4.57 Å². The molecule has 0 amide bonds. The van der Waals surface area contributed by atoms with Gasteiger partial charge in [-0.15, -0.1) is 0 Å². The number of aromatic nitrogens is 1. The number of nitrogens with zero attached hydrogens (tertiary/aromatic N) is 2. The Hall–Kier alpha value is -7.94. The number of para-hydroxylation sites is 2. The van der Waals surface area contributed by atoms with Gasteiger partial charge in [-0.05, 0) is 140 Å². The number of rotatable bonds is 6. The molecule has 9 aromatic carbocycles. The minimum absolute atomic E-state index is 0.419. The lowest BCUT2D eigenvalue weighted by Gasteiger charge is -2.32. The molecule has 0 fully saturated rings. The molecule has 0 atom stereocenters. The SMILES string of the molecule is C1=CC(c2ccc(-n3c4ccccc4c4ccc(-c5cccc(N(c6ccccc6)c6ccc7c(c6)C6(c8ccccc8-c8ccccc86)c6ccccc6-7)c5)cc43)cc2)=CCC1. The summed E-state index contributed by atoms with van der Waals surface area (Å²) in [6.07, 6.45) is 9.10. The van der Waals surface area contributed by atoms with E-state index in [-0.39, 0.29) is 0 Å². The van der Waals surface area contributed by atoms with Gasteiger partial charge in [-0.2, -0.15) is 0 Å². The van der Waals surface area contributed by atoms with Crippen LogP contribution in [0.25, 0.3) is 66.4 Å². The summed E-state index contributed by atoms with van der Waals surface area (Å²) in [5.74, 6) is 0. The van der Waals surface area contributed by atoms with Crippen molar-refractivity contribution >= 4 is 44.4 Å². The van der Waals surface area contributed by atoms with Crippen LogP contribution in [0.15, 0.2) is 231 Å². The summed E-state index contributed by atoms with van der Waals surface area (Å²) in [6.45, 7) is 0. The van der Waals surface area contributed by atoms with Gasteiger partial charge in [-0.3, -0.25) is 0 Å². The summed E-state index contributed by atoms with van der Waals surface area (Å²) in [6, 6.07) is 79.1. The molecule has 0 unspecified atom stereocenters. The molecule has 63 heavy (non-hydrogen) atoms. The number of hydrogen-bond donors (Lipinski definition) is 0. The third-order valence-corrected chi connectivity index (χ3v) is 13.8. The Morgan fingerprint density at radius 3 is 1.68 bits per heavy atom. The molecule has 3 aliphatic rings. The van der Waals surface area contributed by atoms with Gasteiger partial charge < -0.3 is 9.47 Å². The monoisotopic (exact) mass is 802 g/mol. The second-order valence-electron chi connectivity index (χ2n) is 17.1. The number of benzene rings is 9. The van der Waals surface area contributed by atoms with Crippen molar-refractivity contribution in [2.45, 2.75) is 18.3 Å². The highest BCUT2D eigenvalue weighted by atomic mass is 15.1. The Morgan fingerprint density at radius 2 is 0.968 bits per heavy atom. The zero-order valence-electron chi connectivity index (χ0n) is 34.7. The van der Waals surface area contributed by atoms with Gasteiger partial charge in [0.25, 0.3) is 0 Å². The number of allylic oxidation sites excluding steroid dienone is 4. The first kappa shape index (κ1) is 35.8. The smallest absolute Gasteiger partial charge is 0.0726 e. The van der Waals surface area contributed by atoms with Crippen molar-refractivity contribution in [2.24, 2.45) is 0 Å². The van der Waals surface area contributed by atoms with E-state index >= 15 is 0 Å². The predicted octanol–water partition coefficient (Wildman–Crippen LogP) is 16.0. The normalized spacial score (nSPS) is 14.1. The molecule has 1 heterocycles. The highest BCUT2D eigenvalue weighted by Gasteiger charge is 2.51. The van der Waals surface area contributed by atoms with Crippen LogP contribution in [0.2, 0.25) is 0 Å². The van der Waals surface area contributed by atoms with E-state index in [0.717, 1.165) is 35.6 Å². The van der Waals surface area contributed by atoms with E-state index in [9.17, 15) is 0 Å². The summed E-state index contributed by atoms with van der Waals surface area (Å²) < 4.78 is 2.43. The fourth-order valence-corrected chi connectivity index (χ4v) is 11.1. The van der Waals surface area contributed by atoms with E-state index in [1.165, 1.54) is 88.6 Å². The molecule has 1 spiro atoms. The first-order valence-electron chi connectivity index (χ1n) is 22.2. The standard InChI is InChI=1S/C61H42N2/c1-3-16-41(17-4-1)42-30-33-46(34-31-42)63-59-29-14-10-25-53(59)54-36-32-44(39-60(54)63)43-18-15-21-47(38-43)62(45-19-5-2-6-20-45)48-35-37-52-51-24-9-13-28-57(51)61(58(52)40-48)55-26-11-7-22-49(55)50-23-8-12-27-56(50)61/h2-3,5-40H,1,4H2. The van der Waals surface area contributed by atoms with Gasteiger partial charge in [-0.1, -0.05) is 170 Å². The Morgan fingerprint density at radius 1 is 0.381 bits per heavy atom. The molecule has 296 valence electrons. The Kier molecular flexibility index (Phi) is 7.98. The fourth-order valence-electron chi connectivity index (χ4n) is 11.1. The molecule has 2 heteroatoms. The first-order chi connectivity index (χ1) is 31.3. The molecule has 1 aromatic heterocycles. The largest absolute Gasteiger partial charge is 0.310 e. The average molecular weight is 803 g/mol. The second-order valence-corrected chi connectivity index (χ2v) is 17.1. The van der Waals surface area contributed by atoms with Crippen LogP contribution in [0.1, 0.15) is 40.7 Å². The van der Waals surface area contributed by atoms with Crippen LogP contribution in [-0.4, -0.2) is 4.57 Å². The summed E-state index contributed by atoms with van der Waals surface area (Å²) in [5.41, 5.74) is 22.0. The van der Waals surface area contributed by atoms with E-state index < -0.39 is 5.41 Å². The van der Waals surface area contributed by atoms with E-state index in [1.54, 1.807) is 0 Å². The number of hydrogen-bond acceptors (Lipinski definition) is 1.